The van der Waals surface area contributed by atoms with Gasteiger partial charge in [-0.1, -0.05) is 194 Å². The second-order valence-electron chi connectivity index (χ2n) is 13.1. The summed E-state index contributed by atoms with van der Waals surface area (Å²) < 4.78 is 0. The van der Waals surface area contributed by atoms with E-state index in [9.17, 15) is 0 Å². The Bertz CT molecular complexity index is 2530. The number of nitrogens with zero attached hydrogens (tertiary/aromatic N) is 4. The summed E-state index contributed by atoms with van der Waals surface area (Å²) in [5, 5.41) is 3.50. The molecule has 5 nitrogen and oxygen atoms in total. The van der Waals surface area contributed by atoms with Crippen molar-refractivity contribution in [1.29, 1.82) is 0 Å². The lowest BCUT2D eigenvalue weighted by Crippen LogP contribution is -2.36. The van der Waals surface area contributed by atoms with Crippen LogP contribution in [0.4, 0.5) is 0 Å². The molecule has 9 rings (SSSR count). The summed E-state index contributed by atoms with van der Waals surface area (Å²) in [5.41, 5.74) is 12.3. The molecular weight excluding hydrogens is 659 g/mol. The van der Waals surface area contributed by atoms with Crippen molar-refractivity contribution in [1.82, 2.24) is 15.3 Å². The van der Waals surface area contributed by atoms with Gasteiger partial charge in [-0.25, -0.2) is 20.0 Å². The molecule has 0 fully saturated rings. The zero-order valence-corrected chi connectivity index (χ0v) is 29.4. The molecule has 7 aromatic carbocycles. The van der Waals surface area contributed by atoms with Crippen molar-refractivity contribution in [2.24, 2.45) is 9.98 Å². The summed E-state index contributed by atoms with van der Waals surface area (Å²) in [7, 11) is 0. The quantitative estimate of drug-likeness (QED) is 0.172. The summed E-state index contributed by atoms with van der Waals surface area (Å²) in [6.45, 7) is 0. The Kier molecular flexibility index (Phi) is 8.94. The van der Waals surface area contributed by atoms with Crippen LogP contribution in [0.2, 0.25) is 0 Å². The number of nitrogens with one attached hydrogen (secondary N) is 1. The molecule has 0 radical (unpaired) electrons. The Morgan fingerprint density at radius 3 is 1.28 bits per heavy atom. The SMILES string of the molecule is c1ccc(C2=NC(c3ccccc3-c3ccc(-c4cc(-c5ccccc5)nc(-c5ccc(-c6ccccc6)cc5)n4)cc3)N=C(c3ccccc3)N2)cc1. The van der Waals surface area contributed by atoms with E-state index in [1.807, 2.05) is 60.7 Å². The van der Waals surface area contributed by atoms with Gasteiger partial charge in [0.05, 0.1) is 11.4 Å². The van der Waals surface area contributed by atoms with Crippen LogP contribution >= 0.6 is 0 Å². The van der Waals surface area contributed by atoms with Crippen molar-refractivity contribution in [3.63, 3.8) is 0 Å². The van der Waals surface area contributed by atoms with Crippen molar-refractivity contribution >= 4 is 11.7 Å². The highest BCUT2D eigenvalue weighted by atomic mass is 15.2. The zero-order chi connectivity index (χ0) is 36.1. The van der Waals surface area contributed by atoms with E-state index in [4.69, 9.17) is 20.0 Å². The third-order valence-corrected chi connectivity index (χ3v) is 9.61. The van der Waals surface area contributed by atoms with Gasteiger partial charge >= 0.3 is 0 Å². The number of aromatic nitrogens is 2. The molecule has 54 heavy (non-hydrogen) atoms. The maximum absolute atomic E-state index is 5.15. The monoisotopic (exact) mass is 693 g/mol. The first-order valence-corrected chi connectivity index (χ1v) is 18.1. The predicted octanol–water partition coefficient (Wildman–Crippen LogP) is 11.3. The van der Waals surface area contributed by atoms with E-state index in [1.165, 1.54) is 5.56 Å². The molecule has 0 spiro atoms. The van der Waals surface area contributed by atoms with E-state index >= 15 is 0 Å². The first kappa shape index (κ1) is 32.7. The molecular formula is C49H35N5. The fourth-order valence-electron chi connectivity index (χ4n) is 6.80. The van der Waals surface area contributed by atoms with Gasteiger partial charge in [0, 0.05) is 33.4 Å². The molecule has 1 aliphatic heterocycles. The lowest BCUT2D eigenvalue weighted by molar-refractivity contribution is 0.757. The topological polar surface area (TPSA) is 62.5 Å². The number of amidine groups is 2. The zero-order valence-electron chi connectivity index (χ0n) is 29.4. The average molecular weight is 694 g/mol. The minimum absolute atomic E-state index is 0.432. The standard InChI is InChI=1S/C49H35N5/c1-5-15-34(16-6-1)35-25-31-41(32-26-35)46-50-44(37-17-7-2-8-18-37)33-45(51-46)38-29-27-36(28-30-38)42-23-13-14-24-43(42)49-53-47(39-19-9-3-10-20-39)52-48(54-49)40-21-11-4-12-22-40/h1-33,49H,(H,52,53,54). The van der Waals surface area contributed by atoms with Crippen LogP contribution in [0.5, 0.6) is 0 Å². The lowest BCUT2D eigenvalue weighted by atomic mass is 9.96. The van der Waals surface area contributed by atoms with Crippen LogP contribution in [-0.4, -0.2) is 21.6 Å². The summed E-state index contributed by atoms with van der Waals surface area (Å²) in [6.07, 6.45) is -0.432. The minimum atomic E-state index is -0.432. The predicted molar refractivity (Wildman–Crippen MR) is 221 cm³/mol. The third-order valence-electron chi connectivity index (χ3n) is 9.61. The Labute approximate surface area is 315 Å². The molecule has 1 aromatic heterocycles. The summed E-state index contributed by atoms with van der Waals surface area (Å²) in [6, 6.07) is 68.7. The Hall–Kier alpha value is -7.24. The molecule has 0 aliphatic carbocycles. The van der Waals surface area contributed by atoms with Gasteiger partial charge in [0.2, 0.25) is 0 Å². The minimum Gasteiger partial charge on any atom is -0.324 e. The molecule has 256 valence electrons. The average Bonchev–Trinajstić information content (AvgIpc) is 3.27. The van der Waals surface area contributed by atoms with E-state index in [-0.39, 0.29) is 0 Å². The number of benzene rings is 7. The Balaban J connectivity index is 1.08. The van der Waals surface area contributed by atoms with E-state index in [1.54, 1.807) is 0 Å². The molecule has 0 saturated carbocycles. The van der Waals surface area contributed by atoms with E-state index in [0.717, 1.165) is 73.1 Å². The highest BCUT2D eigenvalue weighted by molar-refractivity contribution is 6.15. The van der Waals surface area contributed by atoms with Gasteiger partial charge in [-0.3, -0.25) is 0 Å². The normalized spacial score (nSPS) is 12.7. The van der Waals surface area contributed by atoms with Gasteiger partial charge in [0.25, 0.3) is 0 Å². The molecule has 5 heteroatoms. The number of hydrogen-bond donors (Lipinski definition) is 1. The van der Waals surface area contributed by atoms with Crippen LogP contribution < -0.4 is 5.32 Å². The van der Waals surface area contributed by atoms with Crippen LogP contribution in [0.3, 0.4) is 0 Å². The first-order chi connectivity index (χ1) is 26.7. The van der Waals surface area contributed by atoms with Crippen LogP contribution in [-0.2, 0) is 0 Å². The van der Waals surface area contributed by atoms with E-state index < -0.39 is 6.17 Å². The smallest absolute Gasteiger partial charge is 0.170 e. The highest BCUT2D eigenvalue weighted by Crippen LogP contribution is 2.35. The van der Waals surface area contributed by atoms with Crippen molar-refractivity contribution in [3.8, 4) is 56.2 Å². The number of aliphatic imine (C=N–C) groups is 2. The summed E-state index contributed by atoms with van der Waals surface area (Å²) >= 11 is 0. The van der Waals surface area contributed by atoms with Crippen LogP contribution in [0.25, 0.3) is 56.2 Å². The van der Waals surface area contributed by atoms with Gasteiger partial charge in [0.15, 0.2) is 12.0 Å². The lowest BCUT2D eigenvalue weighted by Gasteiger charge is -2.24. The van der Waals surface area contributed by atoms with Crippen molar-refractivity contribution in [2.75, 3.05) is 0 Å². The number of hydrogen-bond acceptors (Lipinski definition) is 5. The van der Waals surface area contributed by atoms with Crippen molar-refractivity contribution < 1.29 is 0 Å². The second kappa shape index (κ2) is 14.8. The largest absolute Gasteiger partial charge is 0.324 e. The van der Waals surface area contributed by atoms with Gasteiger partial charge in [0.1, 0.15) is 11.7 Å². The second-order valence-corrected chi connectivity index (χ2v) is 13.1. The van der Waals surface area contributed by atoms with Gasteiger partial charge in [-0.2, -0.15) is 0 Å². The molecule has 0 bridgehead atoms. The fourth-order valence-corrected chi connectivity index (χ4v) is 6.80. The Morgan fingerprint density at radius 1 is 0.333 bits per heavy atom. The molecule has 1 aliphatic rings. The molecule has 0 atom stereocenters. The molecule has 0 amide bonds. The summed E-state index contributed by atoms with van der Waals surface area (Å²) in [5.74, 6) is 2.27. The summed E-state index contributed by atoms with van der Waals surface area (Å²) in [4.78, 5) is 20.5. The first-order valence-electron chi connectivity index (χ1n) is 18.1. The Morgan fingerprint density at radius 2 is 0.722 bits per heavy atom. The maximum atomic E-state index is 5.15. The number of rotatable bonds is 8. The van der Waals surface area contributed by atoms with Crippen molar-refractivity contribution in [2.45, 2.75) is 6.17 Å². The molecule has 2 heterocycles. The van der Waals surface area contributed by atoms with Crippen molar-refractivity contribution in [3.05, 3.63) is 217 Å². The molecule has 0 unspecified atom stereocenters. The maximum Gasteiger partial charge on any atom is 0.170 e. The van der Waals surface area contributed by atoms with Crippen LogP contribution in [0, 0.1) is 0 Å². The van der Waals surface area contributed by atoms with Gasteiger partial charge in [-0.05, 0) is 28.3 Å². The van der Waals surface area contributed by atoms with Gasteiger partial charge in [-0.15, -0.1) is 0 Å². The fraction of sp³-hybridized carbons (Fsp3) is 0.0204. The van der Waals surface area contributed by atoms with E-state index in [2.05, 4.69) is 145 Å². The highest BCUT2D eigenvalue weighted by Gasteiger charge is 2.23. The third kappa shape index (κ3) is 6.86. The molecule has 8 aromatic rings. The van der Waals surface area contributed by atoms with E-state index in [0.29, 0.717) is 5.82 Å². The van der Waals surface area contributed by atoms with Crippen LogP contribution in [0.15, 0.2) is 210 Å². The van der Waals surface area contributed by atoms with Gasteiger partial charge < -0.3 is 5.32 Å². The van der Waals surface area contributed by atoms with Crippen LogP contribution in [0.1, 0.15) is 22.9 Å². The molecule has 1 N–H and O–H groups in total. The molecule has 0 saturated heterocycles.